The number of hydrogen-bond acceptors (Lipinski definition) is 4. The number of nitrogens with zero attached hydrogens (tertiary/aromatic N) is 1. The highest BCUT2D eigenvalue weighted by Crippen LogP contribution is 2.28. The maximum Gasteiger partial charge on any atom is 0.573 e. The second-order valence-electron chi connectivity index (χ2n) is 2.96. The van der Waals surface area contributed by atoms with Gasteiger partial charge >= 0.3 is 12.3 Å². The van der Waals surface area contributed by atoms with Gasteiger partial charge in [0.1, 0.15) is 0 Å². The van der Waals surface area contributed by atoms with E-state index in [0.717, 1.165) is 13.2 Å². The Balaban J connectivity index is 3.30. The lowest BCUT2D eigenvalue weighted by Crippen LogP contribution is -2.20. The van der Waals surface area contributed by atoms with Crippen molar-refractivity contribution >= 4 is 21.9 Å². The zero-order valence-corrected chi connectivity index (χ0v) is 10.4. The van der Waals surface area contributed by atoms with Crippen molar-refractivity contribution in [3.63, 3.8) is 0 Å². The summed E-state index contributed by atoms with van der Waals surface area (Å²) in [6.07, 6.45) is -5.02. The molecule has 0 aliphatic rings. The molecule has 1 aromatic rings. The van der Waals surface area contributed by atoms with E-state index in [-0.39, 0.29) is 10.9 Å². The van der Waals surface area contributed by atoms with Crippen LogP contribution >= 0.6 is 15.9 Å². The number of rotatable bonds is 3. The van der Waals surface area contributed by atoms with Crippen LogP contribution in [0, 0.1) is 5.95 Å². The second kappa shape index (κ2) is 5.51. The molecule has 0 aromatic carbocycles. The van der Waals surface area contributed by atoms with E-state index in [0.29, 0.717) is 0 Å². The van der Waals surface area contributed by atoms with Crippen LogP contribution in [0.25, 0.3) is 0 Å². The first kappa shape index (κ1) is 14.7. The van der Waals surface area contributed by atoms with Gasteiger partial charge < -0.3 is 9.47 Å². The molecule has 1 heterocycles. The number of methoxy groups -OCH3 is 1. The predicted octanol–water partition coefficient (Wildman–Crippen LogP) is 2.80. The molecule has 1 aromatic heterocycles. The lowest BCUT2D eigenvalue weighted by Gasteiger charge is -2.12. The Morgan fingerprint density at radius 1 is 1.50 bits per heavy atom. The molecule has 0 radical (unpaired) electrons. The first-order valence-corrected chi connectivity index (χ1v) is 5.50. The van der Waals surface area contributed by atoms with E-state index in [1.807, 2.05) is 0 Å². The lowest BCUT2D eigenvalue weighted by molar-refractivity contribution is -0.274. The van der Waals surface area contributed by atoms with Crippen molar-refractivity contribution in [2.45, 2.75) is 11.7 Å². The quantitative estimate of drug-likeness (QED) is 0.370. The third-order valence-corrected chi connectivity index (χ3v) is 2.37. The van der Waals surface area contributed by atoms with Crippen LogP contribution in [-0.2, 0) is 10.1 Å². The molecule has 1 rings (SSSR count). The first-order chi connectivity index (χ1) is 8.28. The molecule has 0 N–H and O–H groups in total. The molecule has 4 nitrogen and oxygen atoms in total. The summed E-state index contributed by atoms with van der Waals surface area (Å²) in [5, 5.41) is -0.0818. The molecule has 0 unspecified atom stereocenters. The molecular formula is C9H6BrF4NO3. The third-order valence-electron chi connectivity index (χ3n) is 1.76. The van der Waals surface area contributed by atoms with Crippen LogP contribution in [0.4, 0.5) is 17.6 Å². The fourth-order valence-corrected chi connectivity index (χ4v) is 1.44. The van der Waals surface area contributed by atoms with Crippen molar-refractivity contribution in [1.29, 1.82) is 0 Å². The van der Waals surface area contributed by atoms with E-state index in [4.69, 9.17) is 0 Å². The van der Waals surface area contributed by atoms with Crippen molar-refractivity contribution in [3.05, 3.63) is 23.3 Å². The van der Waals surface area contributed by atoms with Gasteiger partial charge in [0.05, 0.1) is 7.11 Å². The molecule has 0 aliphatic heterocycles. The molecule has 0 aliphatic carbocycles. The minimum absolute atomic E-state index is 0.0818. The van der Waals surface area contributed by atoms with E-state index in [2.05, 4.69) is 30.4 Å². The largest absolute Gasteiger partial charge is 0.573 e. The zero-order chi connectivity index (χ0) is 13.9. The van der Waals surface area contributed by atoms with Gasteiger partial charge in [-0.05, 0) is 6.07 Å². The standard InChI is InChI=1S/C9H6BrF4NO3/c1-17-8(16)6-5(18-9(12,13)14)2-4(3-10)7(11)15-6/h2H,3H2,1H3. The van der Waals surface area contributed by atoms with E-state index >= 15 is 0 Å². The SMILES string of the molecule is COC(=O)c1nc(F)c(CBr)cc1OC(F)(F)F. The zero-order valence-electron chi connectivity index (χ0n) is 8.85. The minimum atomic E-state index is -5.02. The van der Waals surface area contributed by atoms with Gasteiger partial charge in [0.15, 0.2) is 11.4 Å². The summed E-state index contributed by atoms with van der Waals surface area (Å²) in [6, 6.07) is 0.733. The molecule has 100 valence electrons. The lowest BCUT2D eigenvalue weighted by atomic mass is 10.2. The van der Waals surface area contributed by atoms with Crippen LogP contribution in [0.1, 0.15) is 16.1 Å². The second-order valence-corrected chi connectivity index (χ2v) is 3.52. The molecule has 18 heavy (non-hydrogen) atoms. The number of carbonyl (C=O) groups is 1. The summed E-state index contributed by atoms with van der Waals surface area (Å²) in [5.74, 6) is -3.22. The van der Waals surface area contributed by atoms with Crippen molar-refractivity contribution in [3.8, 4) is 5.75 Å². The van der Waals surface area contributed by atoms with Gasteiger partial charge in [0, 0.05) is 10.9 Å². The van der Waals surface area contributed by atoms with Crippen LogP contribution in [0.3, 0.4) is 0 Å². The van der Waals surface area contributed by atoms with Crippen molar-refractivity contribution in [1.82, 2.24) is 4.98 Å². The number of halogens is 5. The smallest absolute Gasteiger partial charge is 0.464 e. The number of hydrogen-bond donors (Lipinski definition) is 0. The van der Waals surface area contributed by atoms with Gasteiger partial charge in [-0.25, -0.2) is 9.78 Å². The summed E-state index contributed by atoms with van der Waals surface area (Å²) in [4.78, 5) is 14.3. The number of carbonyl (C=O) groups excluding carboxylic acids is 1. The fourth-order valence-electron chi connectivity index (χ4n) is 1.05. The molecule has 0 spiro atoms. The summed E-state index contributed by atoms with van der Waals surface area (Å²) in [7, 11) is 0.928. The van der Waals surface area contributed by atoms with Gasteiger partial charge in [-0.1, -0.05) is 15.9 Å². The van der Waals surface area contributed by atoms with E-state index in [1.165, 1.54) is 0 Å². The van der Waals surface area contributed by atoms with Crippen molar-refractivity contribution in [2.24, 2.45) is 0 Å². The third kappa shape index (κ3) is 3.56. The molecule has 0 atom stereocenters. The Kier molecular flexibility index (Phi) is 4.49. The fraction of sp³-hybridized carbons (Fsp3) is 0.333. The monoisotopic (exact) mass is 331 g/mol. The Morgan fingerprint density at radius 2 is 2.11 bits per heavy atom. The van der Waals surface area contributed by atoms with Gasteiger partial charge in [0.25, 0.3) is 0 Å². The van der Waals surface area contributed by atoms with E-state index in [1.54, 1.807) is 0 Å². The highest BCUT2D eigenvalue weighted by atomic mass is 79.9. The Hall–Kier alpha value is -1.38. The number of esters is 1. The van der Waals surface area contributed by atoms with Crippen LogP contribution in [0.2, 0.25) is 0 Å². The van der Waals surface area contributed by atoms with Crippen LogP contribution in [0.5, 0.6) is 5.75 Å². The molecule has 0 fully saturated rings. The van der Waals surface area contributed by atoms with E-state index in [9.17, 15) is 22.4 Å². The Labute approximate surface area is 107 Å². The van der Waals surface area contributed by atoms with Crippen molar-refractivity contribution < 1.29 is 31.8 Å². The van der Waals surface area contributed by atoms with Gasteiger partial charge in [0.2, 0.25) is 5.95 Å². The normalized spacial score (nSPS) is 11.2. The molecule has 9 heteroatoms. The molecular weight excluding hydrogens is 326 g/mol. The van der Waals surface area contributed by atoms with Gasteiger partial charge in [-0.15, -0.1) is 13.2 Å². The Bertz CT molecular complexity index is 464. The minimum Gasteiger partial charge on any atom is -0.464 e. The molecule has 0 saturated heterocycles. The van der Waals surface area contributed by atoms with Gasteiger partial charge in [-0.2, -0.15) is 4.39 Å². The Morgan fingerprint density at radius 3 is 2.56 bits per heavy atom. The number of alkyl halides is 4. The summed E-state index contributed by atoms with van der Waals surface area (Å²) in [5.41, 5.74) is -1.06. The maximum atomic E-state index is 13.3. The topological polar surface area (TPSA) is 48.4 Å². The molecule has 0 amide bonds. The average Bonchev–Trinajstić information content (AvgIpc) is 2.28. The van der Waals surface area contributed by atoms with Crippen LogP contribution < -0.4 is 4.74 Å². The molecule has 0 bridgehead atoms. The summed E-state index contributed by atoms with van der Waals surface area (Å²) >= 11 is 2.87. The number of pyridine rings is 1. The highest BCUT2D eigenvalue weighted by Gasteiger charge is 2.34. The van der Waals surface area contributed by atoms with Crippen molar-refractivity contribution in [2.75, 3.05) is 7.11 Å². The van der Waals surface area contributed by atoms with Crippen LogP contribution in [-0.4, -0.2) is 24.4 Å². The van der Waals surface area contributed by atoms with E-state index < -0.39 is 29.7 Å². The number of aromatic nitrogens is 1. The number of ether oxygens (including phenoxy) is 2. The van der Waals surface area contributed by atoms with Crippen LogP contribution in [0.15, 0.2) is 6.07 Å². The first-order valence-electron chi connectivity index (χ1n) is 4.38. The van der Waals surface area contributed by atoms with Gasteiger partial charge in [-0.3, -0.25) is 0 Å². The highest BCUT2D eigenvalue weighted by molar-refractivity contribution is 9.08. The predicted molar refractivity (Wildman–Crippen MR) is 54.8 cm³/mol. The maximum absolute atomic E-state index is 13.3. The summed E-state index contributed by atoms with van der Waals surface area (Å²) in [6.45, 7) is 0. The average molecular weight is 332 g/mol. The molecule has 0 saturated carbocycles. The summed E-state index contributed by atoms with van der Waals surface area (Å²) < 4.78 is 57.4.